The molecule has 1 aliphatic heterocycles. The second-order valence-corrected chi connectivity index (χ2v) is 4.17. The number of rotatable bonds is 3. The summed E-state index contributed by atoms with van der Waals surface area (Å²) in [6, 6.07) is 6.62. The van der Waals surface area contributed by atoms with Crippen LogP contribution in [-0.4, -0.2) is 34.7 Å². The number of urea groups is 1. The number of aliphatic hydroxyl groups is 1. The second-order valence-electron chi connectivity index (χ2n) is 3.74. The molecule has 1 atom stereocenters. The van der Waals surface area contributed by atoms with Gasteiger partial charge in [0.1, 0.15) is 0 Å². The van der Waals surface area contributed by atoms with Gasteiger partial charge in [0.05, 0.1) is 0 Å². The summed E-state index contributed by atoms with van der Waals surface area (Å²) in [4.78, 5) is 23.4. The first-order valence-electron chi connectivity index (χ1n) is 5.12. The molecule has 0 aliphatic carbocycles. The topological polar surface area (TPSA) is 69.6 Å². The molecule has 3 amide bonds. The van der Waals surface area contributed by atoms with Gasteiger partial charge in [0.2, 0.25) is 6.23 Å². The minimum atomic E-state index is -1.38. The lowest BCUT2D eigenvalue weighted by atomic mass is 10.1. The maximum absolute atomic E-state index is 11.3. The highest BCUT2D eigenvalue weighted by atomic mass is 35.5. The molecule has 0 aromatic heterocycles. The SMILES string of the molecule is O=C1NC(=O)N(CCc2ccc(Cl)cc2)C1O. The molecule has 0 spiro atoms. The zero-order valence-electron chi connectivity index (χ0n) is 8.89. The third-order valence-electron chi connectivity index (χ3n) is 2.58. The van der Waals surface area contributed by atoms with E-state index in [2.05, 4.69) is 0 Å². The lowest BCUT2D eigenvalue weighted by Crippen LogP contribution is -2.36. The van der Waals surface area contributed by atoms with Gasteiger partial charge in [0.25, 0.3) is 5.91 Å². The van der Waals surface area contributed by atoms with Crippen molar-refractivity contribution in [2.45, 2.75) is 12.6 Å². The normalized spacial score (nSPS) is 19.6. The van der Waals surface area contributed by atoms with Crippen molar-refractivity contribution in [3.63, 3.8) is 0 Å². The van der Waals surface area contributed by atoms with Crippen LogP contribution in [0, 0.1) is 0 Å². The molecule has 1 aromatic rings. The van der Waals surface area contributed by atoms with Crippen LogP contribution in [-0.2, 0) is 11.2 Å². The molecule has 1 aromatic carbocycles. The molecule has 0 radical (unpaired) electrons. The van der Waals surface area contributed by atoms with Crippen molar-refractivity contribution >= 4 is 23.5 Å². The monoisotopic (exact) mass is 254 g/mol. The van der Waals surface area contributed by atoms with Crippen LogP contribution in [0.15, 0.2) is 24.3 Å². The molecule has 17 heavy (non-hydrogen) atoms. The van der Waals surface area contributed by atoms with E-state index in [9.17, 15) is 14.7 Å². The first-order chi connectivity index (χ1) is 8.08. The summed E-state index contributed by atoms with van der Waals surface area (Å²) >= 11 is 5.75. The number of nitrogens with one attached hydrogen (secondary N) is 1. The Kier molecular flexibility index (Phi) is 3.31. The maximum atomic E-state index is 11.3. The Morgan fingerprint density at radius 3 is 2.47 bits per heavy atom. The smallest absolute Gasteiger partial charge is 0.326 e. The van der Waals surface area contributed by atoms with Gasteiger partial charge < -0.3 is 5.11 Å². The van der Waals surface area contributed by atoms with E-state index >= 15 is 0 Å². The quantitative estimate of drug-likeness (QED) is 0.782. The molecule has 90 valence electrons. The van der Waals surface area contributed by atoms with Gasteiger partial charge in [-0.2, -0.15) is 0 Å². The van der Waals surface area contributed by atoms with Crippen LogP contribution in [0.4, 0.5) is 4.79 Å². The summed E-state index contributed by atoms with van der Waals surface area (Å²) in [5, 5.41) is 12.1. The van der Waals surface area contributed by atoms with Crippen molar-refractivity contribution in [3.05, 3.63) is 34.9 Å². The standard InChI is InChI=1S/C11H11ClN2O3/c12-8-3-1-7(2-4-8)5-6-14-10(16)9(15)13-11(14)17/h1-4,10,16H,5-6H2,(H,13,15,17). The molecule has 1 saturated heterocycles. The Balaban J connectivity index is 1.96. The highest BCUT2D eigenvalue weighted by molar-refractivity contribution is 6.30. The van der Waals surface area contributed by atoms with Gasteiger partial charge in [-0.3, -0.25) is 15.0 Å². The average Bonchev–Trinajstić information content (AvgIpc) is 2.54. The van der Waals surface area contributed by atoms with Crippen LogP contribution in [0.5, 0.6) is 0 Å². The van der Waals surface area contributed by atoms with Crippen molar-refractivity contribution in [1.82, 2.24) is 10.2 Å². The predicted molar refractivity (Wildman–Crippen MR) is 61.4 cm³/mol. The zero-order valence-corrected chi connectivity index (χ0v) is 9.65. The van der Waals surface area contributed by atoms with Crippen molar-refractivity contribution in [3.8, 4) is 0 Å². The van der Waals surface area contributed by atoms with Crippen LogP contribution in [0.25, 0.3) is 0 Å². The number of carbonyl (C=O) groups excluding carboxylic acids is 2. The van der Waals surface area contributed by atoms with Crippen LogP contribution in [0.2, 0.25) is 5.02 Å². The van der Waals surface area contributed by atoms with Crippen LogP contribution in [0.3, 0.4) is 0 Å². The van der Waals surface area contributed by atoms with Gasteiger partial charge in [-0.1, -0.05) is 23.7 Å². The van der Waals surface area contributed by atoms with Gasteiger partial charge in [-0.05, 0) is 24.1 Å². The second kappa shape index (κ2) is 4.73. The highest BCUT2D eigenvalue weighted by Gasteiger charge is 2.36. The van der Waals surface area contributed by atoms with Crippen LogP contribution in [0.1, 0.15) is 5.56 Å². The average molecular weight is 255 g/mol. The molecular weight excluding hydrogens is 244 g/mol. The van der Waals surface area contributed by atoms with Crippen molar-refractivity contribution in [2.75, 3.05) is 6.54 Å². The summed E-state index contributed by atoms with van der Waals surface area (Å²) < 4.78 is 0. The summed E-state index contributed by atoms with van der Waals surface area (Å²) in [7, 11) is 0. The molecule has 2 N–H and O–H groups in total. The van der Waals surface area contributed by atoms with E-state index in [1.165, 1.54) is 0 Å². The lowest BCUT2D eigenvalue weighted by Gasteiger charge is -2.16. The molecule has 2 rings (SSSR count). The Morgan fingerprint density at radius 2 is 1.94 bits per heavy atom. The molecule has 6 heteroatoms. The van der Waals surface area contributed by atoms with Crippen LogP contribution >= 0.6 is 11.6 Å². The molecule has 1 fully saturated rings. The number of carbonyl (C=O) groups is 2. The highest BCUT2D eigenvalue weighted by Crippen LogP contribution is 2.12. The lowest BCUT2D eigenvalue weighted by molar-refractivity contribution is -0.130. The summed E-state index contributed by atoms with van der Waals surface area (Å²) in [6.45, 7) is 0.278. The minimum absolute atomic E-state index is 0.278. The number of hydrogen-bond donors (Lipinski definition) is 2. The fourth-order valence-electron chi connectivity index (χ4n) is 1.62. The number of imide groups is 1. The minimum Gasteiger partial charge on any atom is -0.365 e. The molecule has 1 unspecified atom stereocenters. The third kappa shape index (κ3) is 2.57. The maximum Gasteiger partial charge on any atom is 0.326 e. The Hall–Kier alpha value is -1.59. The van der Waals surface area contributed by atoms with E-state index in [4.69, 9.17) is 11.6 Å². The Labute approximate surface area is 103 Å². The van der Waals surface area contributed by atoms with Crippen molar-refractivity contribution in [1.29, 1.82) is 0 Å². The molecular formula is C11H11ClN2O3. The van der Waals surface area contributed by atoms with E-state index in [1.54, 1.807) is 12.1 Å². The number of amides is 3. The number of aliphatic hydroxyl groups excluding tert-OH is 1. The van der Waals surface area contributed by atoms with Gasteiger partial charge in [-0.15, -0.1) is 0 Å². The van der Waals surface area contributed by atoms with Crippen molar-refractivity contribution in [2.24, 2.45) is 0 Å². The summed E-state index contributed by atoms with van der Waals surface area (Å²) in [5.41, 5.74) is 0.980. The number of hydrogen-bond acceptors (Lipinski definition) is 3. The van der Waals surface area contributed by atoms with Gasteiger partial charge in [0, 0.05) is 11.6 Å². The van der Waals surface area contributed by atoms with Crippen molar-refractivity contribution < 1.29 is 14.7 Å². The number of halogens is 1. The summed E-state index contributed by atoms with van der Waals surface area (Å²) in [6.07, 6.45) is -0.829. The van der Waals surface area contributed by atoms with Gasteiger partial charge in [0.15, 0.2) is 0 Å². The Morgan fingerprint density at radius 1 is 1.29 bits per heavy atom. The molecule has 1 heterocycles. The van der Waals surface area contributed by atoms with Crippen LogP contribution < -0.4 is 5.32 Å². The zero-order chi connectivity index (χ0) is 12.4. The largest absolute Gasteiger partial charge is 0.365 e. The van der Waals surface area contributed by atoms with E-state index in [-0.39, 0.29) is 6.54 Å². The van der Waals surface area contributed by atoms with E-state index < -0.39 is 18.2 Å². The van der Waals surface area contributed by atoms with E-state index in [0.717, 1.165) is 10.5 Å². The number of benzene rings is 1. The molecule has 0 saturated carbocycles. The first-order valence-corrected chi connectivity index (χ1v) is 5.50. The van der Waals surface area contributed by atoms with E-state index in [0.29, 0.717) is 11.4 Å². The molecule has 5 nitrogen and oxygen atoms in total. The third-order valence-corrected chi connectivity index (χ3v) is 2.83. The first kappa shape index (κ1) is 11.9. The fourth-order valence-corrected chi connectivity index (χ4v) is 1.74. The fraction of sp³-hybridized carbons (Fsp3) is 0.273. The Bertz CT molecular complexity index is 447. The predicted octanol–water partition coefficient (Wildman–Crippen LogP) is 0.753. The number of nitrogens with zero attached hydrogens (tertiary/aromatic N) is 1. The molecule has 0 bridgehead atoms. The molecule has 1 aliphatic rings. The van der Waals surface area contributed by atoms with E-state index in [1.807, 2.05) is 17.4 Å². The van der Waals surface area contributed by atoms with Gasteiger partial charge in [-0.25, -0.2) is 4.79 Å². The van der Waals surface area contributed by atoms with Gasteiger partial charge >= 0.3 is 6.03 Å². The summed E-state index contributed by atoms with van der Waals surface area (Å²) in [5.74, 6) is -0.675.